The first-order valence-corrected chi connectivity index (χ1v) is 8.44. The van der Waals surface area contributed by atoms with Gasteiger partial charge in [0.2, 0.25) is 0 Å². The molecule has 0 spiro atoms. The molecule has 0 radical (unpaired) electrons. The minimum Gasteiger partial charge on any atom is -0.481 e. The van der Waals surface area contributed by atoms with E-state index in [0.29, 0.717) is 6.42 Å². The first-order chi connectivity index (χ1) is 11.5. The zero-order chi connectivity index (χ0) is 17.3. The first kappa shape index (κ1) is 16.7. The molecule has 5 nitrogen and oxygen atoms in total. The van der Waals surface area contributed by atoms with E-state index in [9.17, 15) is 19.1 Å². The second-order valence-electron chi connectivity index (χ2n) is 6.66. The summed E-state index contributed by atoms with van der Waals surface area (Å²) in [6.45, 7) is 1.59. The fourth-order valence-corrected chi connectivity index (χ4v) is 4.00. The minimum absolute atomic E-state index is 0.0223. The zero-order valence-corrected chi connectivity index (χ0v) is 13.7. The lowest BCUT2D eigenvalue weighted by molar-refractivity contribution is -0.153. The fourth-order valence-electron chi connectivity index (χ4n) is 4.00. The lowest BCUT2D eigenvalue weighted by Gasteiger charge is -2.34. The predicted octanol–water partition coefficient (Wildman–Crippen LogP) is 2.84. The molecule has 24 heavy (non-hydrogen) atoms. The van der Waals surface area contributed by atoms with Crippen LogP contribution in [0.25, 0.3) is 0 Å². The molecule has 0 aromatic heterocycles. The predicted molar refractivity (Wildman–Crippen MR) is 85.1 cm³/mol. The normalized spacial score (nSPS) is 27.4. The Kier molecular flexibility index (Phi) is 4.73. The molecule has 1 saturated heterocycles. The van der Waals surface area contributed by atoms with Crippen molar-refractivity contribution in [3.63, 3.8) is 0 Å². The first-order valence-electron chi connectivity index (χ1n) is 8.44. The van der Waals surface area contributed by atoms with Crippen LogP contribution in [-0.4, -0.2) is 40.1 Å². The summed E-state index contributed by atoms with van der Waals surface area (Å²) in [6, 6.07) is 4.79. The fraction of sp³-hybridized carbons (Fsp3) is 0.556. The van der Waals surface area contributed by atoms with Gasteiger partial charge in [0.25, 0.3) is 5.91 Å². The van der Waals surface area contributed by atoms with Crippen molar-refractivity contribution in [3.8, 4) is 5.75 Å². The van der Waals surface area contributed by atoms with E-state index in [2.05, 4.69) is 0 Å². The van der Waals surface area contributed by atoms with Gasteiger partial charge in [-0.15, -0.1) is 0 Å². The van der Waals surface area contributed by atoms with Crippen LogP contribution in [-0.2, 0) is 9.59 Å². The number of carbonyl (C=O) groups excluding carboxylic acids is 1. The van der Waals surface area contributed by atoms with E-state index in [1.54, 1.807) is 13.0 Å². The molecule has 4 atom stereocenters. The average molecular weight is 335 g/mol. The molecule has 4 unspecified atom stereocenters. The van der Waals surface area contributed by atoms with Crippen molar-refractivity contribution in [2.45, 2.75) is 57.2 Å². The molecule has 1 N–H and O–H groups in total. The van der Waals surface area contributed by atoms with E-state index >= 15 is 0 Å². The van der Waals surface area contributed by atoms with Gasteiger partial charge in [-0.2, -0.15) is 0 Å². The van der Waals surface area contributed by atoms with Gasteiger partial charge in [-0.25, -0.2) is 9.18 Å². The van der Waals surface area contributed by atoms with Crippen molar-refractivity contribution in [2.24, 2.45) is 5.92 Å². The molecule has 2 aliphatic rings. The van der Waals surface area contributed by atoms with Crippen LogP contribution >= 0.6 is 0 Å². The summed E-state index contributed by atoms with van der Waals surface area (Å²) in [5, 5.41) is 9.50. The Hall–Kier alpha value is -2.11. The van der Waals surface area contributed by atoms with E-state index in [4.69, 9.17) is 4.74 Å². The van der Waals surface area contributed by atoms with Crippen LogP contribution in [0.3, 0.4) is 0 Å². The van der Waals surface area contributed by atoms with E-state index in [1.807, 2.05) is 0 Å². The van der Waals surface area contributed by atoms with Crippen molar-refractivity contribution in [1.29, 1.82) is 0 Å². The van der Waals surface area contributed by atoms with Gasteiger partial charge in [-0.05, 0) is 44.2 Å². The summed E-state index contributed by atoms with van der Waals surface area (Å²) >= 11 is 0. The zero-order valence-electron chi connectivity index (χ0n) is 13.7. The third-order valence-corrected chi connectivity index (χ3v) is 5.08. The van der Waals surface area contributed by atoms with Gasteiger partial charge >= 0.3 is 5.97 Å². The number of likely N-dealkylation sites (tertiary alicyclic amines) is 1. The minimum atomic E-state index is -0.962. The van der Waals surface area contributed by atoms with Crippen LogP contribution in [0.4, 0.5) is 4.39 Å². The van der Waals surface area contributed by atoms with Gasteiger partial charge in [0.1, 0.15) is 17.6 Å². The van der Waals surface area contributed by atoms with E-state index < -0.39 is 23.9 Å². The highest BCUT2D eigenvalue weighted by Crippen LogP contribution is 2.40. The highest BCUT2D eigenvalue weighted by Gasteiger charge is 2.48. The molecule has 1 aromatic carbocycles. The Labute approximate surface area is 140 Å². The smallest absolute Gasteiger partial charge is 0.326 e. The van der Waals surface area contributed by atoms with Crippen LogP contribution in [0.15, 0.2) is 24.3 Å². The Morgan fingerprint density at radius 3 is 2.79 bits per heavy atom. The van der Waals surface area contributed by atoms with Crippen LogP contribution < -0.4 is 4.74 Å². The highest BCUT2D eigenvalue weighted by molar-refractivity contribution is 5.87. The molecule has 1 aromatic rings. The van der Waals surface area contributed by atoms with Gasteiger partial charge < -0.3 is 14.7 Å². The third-order valence-electron chi connectivity index (χ3n) is 5.08. The lowest BCUT2D eigenvalue weighted by atomic mass is 9.84. The van der Waals surface area contributed by atoms with Crippen LogP contribution in [0.2, 0.25) is 0 Å². The summed E-state index contributed by atoms with van der Waals surface area (Å²) < 4.78 is 18.8. The van der Waals surface area contributed by atoms with E-state index in [1.165, 1.54) is 23.1 Å². The Morgan fingerprint density at radius 1 is 1.33 bits per heavy atom. The number of carbonyl (C=O) groups is 2. The Morgan fingerprint density at radius 2 is 2.08 bits per heavy atom. The number of fused-ring (bicyclic) bond motifs is 1. The summed E-state index contributed by atoms with van der Waals surface area (Å²) in [5.74, 6) is -1.21. The second kappa shape index (κ2) is 6.79. The third kappa shape index (κ3) is 3.23. The van der Waals surface area contributed by atoms with Crippen LogP contribution in [0.5, 0.6) is 5.75 Å². The molecule has 0 bridgehead atoms. The van der Waals surface area contributed by atoms with Gasteiger partial charge in [0.05, 0.1) is 0 Å². The maximum absolute atomic E-state index is 13.3. The lowest BCUT2D eigenvalue weighted by Crippen LogP contribution is -2.50. The Balaban J connectivity index is 1.76. The molecule has 3 rings (SSSR count). The standard InChI is InChI=1S/C18H22FNO4/c1-11(24-14-7-4-6-13(19)10-14)17(21)20-15-8-3-2-5-12(15)9-16(20)18(22)23/h4,6-7,10-12,15-16H,2-3,5,8-9H2,1H3,(H,22,23). The van der Waals surface area contributed by atoms with E-state index in [0.717, 1.165) is 25.7 Å². The largest absolute Gasteiger partial charge is 0.481 e. The molecule has 1 aliphatic carbocycles. The number of halogens is 1. The number of ether oxygens (including phenoxy) is 1. The molecule has 1 saturated carbocycles. The van der Waals surface area contributed by atoms with Crippen molar-refractivity contribution in [2.75, 3.05) is 0 Å². The number of rotatable bonds is 4. The molecule has 1 heterocycles. The highest BCUT2D eigenvalue weighted by atomic mass is 19.1. The van der Waals surface area contributed by atoms with Crippen molar-refractivity contribution >= 4 is 11.9 Å². The maximum atomic E-state index is 13.3. The molecular weight excluding hydrogens is 313 g/mol. The number of hydrogen-bond donors (Lipinski definition) is 1. The summed E-state index contributed by atoms with van der Waals surface area (Å²) in [4.78, 5) is 26.0. The average Bonchev–Trinajstić information content (AvgIpc) is 2.94. The number of amides is 1. The van der Waals surface area contributed by atoms with Crippen molar-refractivity contribution in [1.82, 2.24) is 4.90 Å². The SMILES string of the molecule is CC(Oc1cccc(F)c1)C(=O)N1C(C(=O)O)CC2CCCCC21. The van der Waals surface area contributed by atoms with Crippen molar-refractivity contribution in [3.05, 3.63) is 30.1 Å². The maximum Gasteiger partial charge on any atom is 0.326 e. The molecule has 6 heteroatoms. The summed E-state index contributed by atoms with van der Waals surface area (Å²) in [5.41, 5.74) is 0. The van der Waals surface area contributed by atoms with Crippen molar-refractivity contribution < 1.29 is 23.8 Å². The van der Waals surface area contributed by atoms with Gasteiger partial charge in [-0.1, -0.05) is 18.9 Å². The molecule has 1 aliphatic heterocycles. The van der Waals surface area contributed by atoms with Crippen LogP contribution in [0.1, 0.15) is 39.0 Å². The topological polar surface area (TPSA) is 66.8 Å². The number of aliphatic carboxylic acids is 1. The number of benzene rings is 1. The molecule has 1 amide bonds. The van der Waals surface area contributed by atoms with E-state index in [-0.39, 0.29) is 23.6 Å². The summed E-state index contributed by atoms with van der Waals surface area (Å²) in [7, 11) is 0. The van der Waals surface area contributed by atoms with Crippen LogP contribution in [0, 0.1) is 11.7 Å². The number of nitrogens with zero attached hydrogens (tertiary/aromatic N) is 1. The monoisotopic (exact) mass is 335 g/mol. The molecular formula is C18H22FNO4. The quantitative estimate of drug-likeness (QED) is 0.919. The molecule has 2 fully saturated rings. The van der Waals surface area contributed by atoms with Gasteiger partial charge in [0.15, 0.2) is 6.10 Å². The van der Waals surface area contributed by atoms with Gasteiger partial charge in [-0.3, -0.25) is 4.79 Å². The summed E-state index contributed by atoms with van der Waals surface area (Å²) in [6.07, 6.45) is 3.57. The Bertz CT molecular complexity index is 635. The second-order valence-corrected chi connectivity index (χ2v) is 6.66. The number of carboxylic acid groups (broad SMARTS) is 1. The number of hydrogen-bond acceptors (Lipinski definition) is 3. The number of carboxylic acids is 1. The van der Waals surface area contributed by atoms with Gasteiger partial charge in [0, 0.05) is 12.1 Å². The molecule has 130 valence electrons.